The quantitative estimate of drug-likeness (QED) is 0.628. The summed E-state index contributed by atoms with van der Waals surface area (Å²) in [5.41, 5.74) is 0.479. The van der Waals surface area contributed by atoms with E-state index in [1.165, 1.54) is 25.7 Å². The Kier molecular flexibility index (Phi) is 2.46. The Morgan fingerprint density at radius 3 is 2.92 bits per heavy atom. The zero-order chi connectivity index (χ0) is 9.31. The Balaban J connectivity index is 2.27. The Labute approximate surface area is 85.0 Å². The first-order valence-electron chi connectivity index (χ1n) is 5.27. The maximum atomic E-state index is 2.45. The molecule has 0 amide bonds. The van der Waals surface area contributed by atoms with E-state index in [0.29, 0.717) is 5.41 Å². The lowest BCUT2D eigenvalue weighted by Crippen LogP contribution is -2.32. The Hall–Kier alpha value is -0.300. The number of hydrogen-bond donors (Lipinski definition) is 0. The molecule has 0 N–H and O–H groups in total. The van der Waals surface area contributed by atoms with Gasteiger partial charge < -0.3 is 0 Å². The molecule has 1 heteroatoms. The van der Waals surface area contributed by atoms with Crippen LogP contribution in [0.3, 0.4) is 0 Å². The summed E-state index contributed by atoms with van der Waals surface area (Å²) < 4.78 is 0. The average Bonchev–Trinajstić information content (AvgIpc) is 2.63. The lowest BCUT2D eigenvalue weighted by atomic mass is 9.67. The minimum absolute atomic E-state index is 0.479. The maximum absolute atomic E-state index is 2.45. The van der Waals surface area contributed by atoms with Crippen molar-refractivity contribution in [1.29, 1.82) is 0 Å². The van der Waals surface area contributed by atoms with Crippen LogP contribution in [-0.2, 0) is 5.41 Å². The molecule has 1 aromatic heterocycles. The molecule has 0 spiro atoms. The second kappa shape index (κ2) is 3.45. The van der Waals surface area contributed by atoms with Crippen LogP contribution in [0.25, 0.3) is 0 Å². The SMILES string of the molecule is CC1CCCCC1(C)c1cccs1. The maximum Gasteiger partial charge on any atom is 0.0107 e. The first kappa shape index (κ1) is 9.26. The van der Waals surface area contributed by atoms with Gasteiger partial charge in [0.1, 0.15) is 0 Å². The molecule has 2 unspecified atom stereocenters. The van der Waals surface area contributed by atoms with Crippen molar-refractivity contribution in [3.05, 3.63) is 22.4 Å². The van der Waals surface area contributed by atoms with Crippen LogP contribution in [0.1, 0.15) is 44.4 Å². The summed E-state index contributed by atoms with van der Waals surface area (Å²) in [6.45, 7) is 4.86. The molecule has 2 atom stereocenters. The highest BCUT2D eigenvalue weighted by atomic mass is 32.1. The van der Waals surface area contributed by atoms with Gasteiger partial charge in [-0.05, 0) is 30.2 Å². The first-order valence-corrected chi connectivity index (χ1v) is 6.15. The summed E-state index contributed by atoms with van der Waals surface area (Å²) >= 11 is 1.93. The summed E-state index contributed by atoms with van der Waals surface area (Å²) in [4.78, 5) is 1.60. The molecule has 1 aromatic rings. The Morgan fingerprint density at radius 2 is 2.31 bits per heavy atom. The van der Waals surface area contributed by atoms with Crippen LogP contribution in [-0.4, -0.2) is 0 Å². The molecule has 2 rings (SSSR count). The van der Waals surface area contributed by atoms with Crippen molar-refractivity contribution in [1.82, 2.24) is 0 Å². The lowest BCUT2D eigenvalue weighted by molar-refractivity contribution is 0.225. The largest absolute Gasteiger partial charge is 0.148 e. The fourth-order valence-corrected chi connectivity index (χ4v) is 3.51. The van der Waals surface area contributed by atoms with Gasteiger partial charge in [-0.3, -0.25) is 0 Å². The summed E-state index contributed by atoms with van der Waals surface area (Å²) in [6, 6.07) is 4.50. The second-order valence-corrected chi connectivity index (χ2v) is 5.49. The van der Waals surface area contributed by atoms with Crippen molar-refractivity contribution in [2.45, 2.75) is 44.9 Å². The van der Waals surface area contributed by atoms with Gasteiger partial charge in [-0.15, -0.1) is 11.3 Å². The molecule has 1 aliphatic carbocycles. The summed E-state index contributed by atoms with van der Waals surface area (Å²) in [7, 11) is 0. The average molecular weight is 194 g/mol. The molecule has 0 saturated heterocycles. The van der Waals surface area contributed by atoms with E-state index in [0.717, 1.165) is 5.92 Å². The van der Waals surface area contributed by atoms with E-state index in [1.54, 1.807) is 4.88 Å². The molecule has 72 valence electrons. The monoisotopic (exact) mass is 194 g/mol. The third-order valence-corrected chi connectivity index (χ3v) is 4.90. The van der Waals surface area contributed by atoms with Gasteiger partial charge in [0.15, 0.2) is 0 Å². The minimum atomic E-state index is 0.479. The molecule has 1 heterocycles. The van der Waals surface area contributed by atoms with Crippen LogP contribution < -0.4 is 0 Å². The molecule has 0 nitrogen and oxygen atoms in total. The Morgan fingerprint density at radius 1 is 1.46 bits per heavy atom. The molecule has 1 aliphatic rings. The third-order valence-electron chi connectivity index (χ3n) is 3.75. The molecule has 0 radical (unpaired) electrons. The summed E-state index contributed by atoms with van der Waals surface area (Å²) in [6.07, 6.45) is 5.64. The summed E-state index contributed by atoms with van der Waals surface area (Å²) in [5, 5.41) is 2.21. The van der Waals surface area contributed by atoms with Gasteiger partial charge in [0.25, 0.3) is 0 Å². The normalized spacial score (nSPS) is 34.8. The number of thiophene rings is 1. The zero-order valence-electron chi connectivity index (χ0n) is 8.55. The predicted octanol–water partition coefficient (Wildman–Crippen LogP) is 4.22. The standard InChI is InChI=1S/C12H18S/c1-10-6-3-4-8-12(10,2)11-7-5-9-13-11/h5,7,9-10H,3-4,6,8H2,1-2H3. The minimum Gasteiger partial charge on any atom is -0.148 e. The fraction of sp³-hybridized carbons (Fsp3) is 0.667. The predicted molar refractivity (Wildman–Crippen MR) is 59.3 cm³/mol. The van der Waals surface area contributed by atoms with Gasteiger partial charge in [-0.1, -0.05) is 32.8 Å². The molecule has 13 heavy (non-hydrogen) atoms. The van der Waals surface area contributed by atoms with E-state index >= 15 is 0 Å². The van der Waals surface area contributed by atoms with Crippen LogP contribution in [0.15, 0.2) is 17.5 Å². The first-order chi connectivity index (χ1) is 6.23. The van der Waals surface area contributed by atoms with Gasteiger partial charge >= 0.3 is 0 Å². The fourth-order valence-electron chi connectivity index (χ4n) is 2.48. The van der Waals surface area contributed by atoms with E-state index in [1.807, 2.05) is 11.3 Å². The molecule has 1 fully saturated rings. The van der Waals surface area contributed by atoms with E-state index in [-0.39, 0.29) is 0 Å². The van der Waals surface area contributed by atoms with Crippen LogP contribution in [0.4, 0.5) is 0 Å². The van der Waals surface area contributed by atoms with Crippen molar-refractivity contribution in [3.8, 4) is 0 Å². The van der Waals surface area contributed by atoms with Gasteiger partial charge in [0.2, 0.25) is 0 Å². The molecule has 0 aliphatic heterocycles. The molecule has 0 aromatic carbocycles. The Bertz CT molecular complexity index is 263. The number of hydrogen-bond acceptors (Lipinski definition) is 1. The van der Waals surface area contributed by atoms with Crippen LogP contribution in [0.2, 0.25) is 0 Å². The highest BCUT2D eigenvalue weighted by Crippen LogP contribution is 2.44. The van der Waals surface area contributed by atoms with Gasteiger partial charge in [-0.25, -0.2) is 0 Å². The van der Waals surface area contributed by atoms with E-state index in [4.69, 9.17) is 0 Å². The highest BCUT2D eigenvalue weighted by Gasteiger charge is 2.35. The van der Waals surface area contributed by atoms with Gasteiger partial charge in [-0.2, -0.15) is 0 Å². The van der Waals surface area contributed by atoms with Crippen molar-refractivity contribution in [2.75, 3.05) is 0 Å². The number of rotatable bonds is 1. The highest BCUT2D eigenvalue weighted by molar-refractivity contribution is 7.10. The van der Waals surface area contributed by atoms with E-state index < -0.39 is 0 Å². The third kappa shape index (κ3) is 1.54. The van der Waals surface area contributed by atoms with Crippen molar-refractivity contribution in [3.63, 3.8) is 0 Å². The molecular weight excluding hydrogens is 176 g/mol. The van der Waals surface area contributed by atoms with Crippen LogP contribution in [0, 0.1) is 5.92 Å². The molecule has 1 saturated carbocycles. The second-order valence-electron chi connectivity index (χ2n) is 4.54. The van der Waals surface area contributed by atoms with Crippen LogP contribution >= 0.6 is 11.3 Å². The summed E-state index contributed by atoms with van der Waals surface area (Å²) in [5.74, 6) is 0.861. The van der Waals surface area contributed by atoms with E-state index in [2.05, 4.69) is 31.4 Å². The smallest absolute Gasteiger partial charge is 0.0107 e. The van der Waals surface area contributed by atoms with Gasteiger partial charge in [0, 0.05) is 10.3 Å². The molecular formula is C12H18S. The van der Waals surface area contributed by atoms with Crippen molar-refractivity contribution >= 4 is 11.3 Å². The zero-order valence-corrected chi connectivity index (χ0v) is 9.36. The lowest BCUT2D eigenvalue weighted by Gasteiger charge is -2.39. The topological polar surface area (TPSA) is 0 Å². The van der Waals surface area contributed by atoms with E-state index in [9.17, 15) is 0 Å². The van der Waals surface area contributed by atoms with Crippen LogP contribution in [0.5, 0.6) is 0 Å². The molecule has 0 bridgehead atoms. The van der Waals surface area contributed by atoms with Crippen molar-refractivity contribution < 1.29 is 0 Å². The van der Waals surface area contributed by atoms with Crippen molar-refractivity contribution in [2.24, 2.45) is 5.92 Å². The van der Waals surface area contributed by atoms with Gasteiger partial charge in [0.05, 0.1) is 0 Å².